The average Bonchev–Trinajstić information content (AvgIpc) is 0.842. The van der Waals surface area contributed by atoms with Gasteiger partial charge in [0.1, 0.15) is 159 Å². The minimum absolute atomic E-state index is 0.835. The highest BCUT2D eigenvalue weighted by atomic mass is 16.8. The van der Waals surface area contributed by atoms with Gasteiger partial charge < -0.3 is 185 Å². The van der Waals surface area contributed by atoms with Gasteiger partial charge >= 0.3 is 5.97 Å². The number of aliphatic hydroxyl groups excluding tert-OH is 20. The Hall–Kier alpha value is -3.44. The van der Waals surface area contributed by atoms with Gasteiger partial charge in [0.05, 0.1) is 57.9 Å². The summed E-state index contributed by atoms with van der Waals surface area (Å²) in [4.78, 5) is 50.8. The number of aliphatic hydroxyl groups is 20. The molecule has 24 N–H and O–H groups in total. The summed E-state index contributed by atoms with van der Waals surface area (Å²) in [7, 11) is 0. The van der Waals surface area contributed by atoms with Crippen LogP contribution in [0.5, 0.6) is 0 Å². The van der Waals surface area contributed by atoms with Gasteiger partial charge in [-0.1, -0.05) is 0 Å². The minimum Gasteiger partial charge on any atom is -0.477 e. The Morgan fingerprint density at radius 3 is 1.50 bits per heavy atom. The lowest BCUT2D eigenvalue weighted by molar-refractivity contribution is -0.388. The molecule has 92 heavy (non-hydrogen) atoms. The predicted octanol–water partition coefficient (Wildman–Crippen LogP) is -15.6. The number of hydrogen-bond acceptors (Lipinski definition) is 37. The van der Waals surface area contributed by atoms with Crippen LogP contribution in [0.25, 0.3) is 0 Å². The van der Waals surface area contributed by atoms with E-state index in [4.69, 9.17) is 61.6 Å². The van der Waals surface area contributed by atoms with Gasteiger partial charge in [-0.3, -0.25) is 14.4 Å². The van der Waals surface area contributed by atoms with E-state index in [0.29, 0.717) is 0 Å². The second kappa shape index (κ2) is 32.3. The number of carboxylic acids is 1. The fourth-order valence-electron chi connectivity index (χ4n) is 11.7. The maximum Gasteiger partial charge on any atom is 0.364 e. The van der Waals surface area contributed by atoms with Crippen LogP contribution in [-0.4, -0.2) is 391 Å². The van der Waals surface area contributed by atoms with Gasteiger partial charge in [-0.2, -0.15) is 0 Å². The standard InChI is InChI=1S/C51H85N3O38/c1-12-26(65)32(71)35(74)47(81-12)89-41-25(54-15(4)62)45(85-21(10-59)39(41)88-48-36(75)33(72)28(67)18(7-56)83-48)80-11-22-29(68)34(73)43(44(77)82-22)90-46-24(53-14(3)61)31(70)38(20(9-58)86-46)87-49-37(76)42(30(69)19(8-57)84-49)92-51(50(78)79)5-16(63)23(52-13(2)60)40(91-51)27(66)17(64)6-55/h12,16-49,55-59,63-77H,5-11H2,1-4H3,(H,52,60)(H,53,61)(H,54,62)(H,78,79)/t12-,16-,17+,18+,19+,20+,21+,22+,23+,24+,25+,26+,27+,28-,29+,30-,31+,32+,33-,34-,35-,36+,37+,38+,39+,40+,41+,42-,43-,44-,45+,46-,47-,48-,49-,51-/m0/s1. The number of rotatable bonds is 24. The molecule has 7 heterocycles. The van der Waals surface area contributed by atoms with Crippen molar-refractivity contribution in [1.29, 1.82) is 0 Å². The molecule has 7 aliphatic heterocycles. The summed E-state index contributed by atoms with van der Waals surface area (Å²) in [6, 6.07) is -5.31. The van der Waals surface area contributed by atoms with E-state index in [1.165, 1.54) is 6.92 Å². The average molecular weight is 1350 g/mol. The molecule has 0 aromatic carbocycles. The first-order valence-electron chi connectivity index (χ1n) is 29.1. The SMILES string of the molecule is CC(=O)N[C@H]1[C@H](O[C@H]2[C@@H](O)[C@H](O)[C@@H](CO[C@@H]3O[C@H](CO)[C@@H](O[C@@H]4O[C@H](CO)[C@H](O)[C@H](O)[C@H]4O)[C@H](O[C@@H]4O[C@@H](C)[C@@H](O)[C@@H](O)[C@@H]4O)[C@H]3NC(C)=O)O[C@@H]2O)O[C@H](CO)[C@@H](O[C@@H]2O[C@H](CO)[C@H](O)[C@H](O[C@]3(C(=O)O)C[C@H](O)[C@@H](NC(C)=O)[C@H]([C@H](O)[C@H](O)CO)O3)[C@H]2O)[C@@H]1O. The molecule has 0 aromatic heterocycles. The van der Waals surface area contributed by atoms with Gasteiger partial charge in [-0.15, -0.1) is 0 Å². The van der Waals surface area contributed by atoms with Gasteiger partial charge in [-0.25, -0.2) is 4.79 Å². The highest BCUT2D eigenvalue weighted by Gasteiger charge is 2.62. The van der Waals surface area contributed by atoms with Crippen molar-refractivity contribution < 1.29 is 188 Å². The van der Waals surface area contributed by atoms with Crippen molar-refractivity contribution in [2.75, 3.05) is 39.6 Å². The Morgan fingerprint density at radius 2 is 0.935 bits per heavy atom. The molecule has 41 heteroatoms. The monoisotopic (exact) mass is 1350 g/mol. The summed E-state index contributed by atoms with van der Waals surface area (Å²) in [6.45, 7) is -2.12. The molecular weight excluding hydrogens is 1260 g/mol. The zero-order valence-corrected chi connectivity index (χ0v) is 49.5. The van der Waals surface area contributed by atoms with Crippen LogP contribution in [-0.2, 0) is 80.8 Å². The van der Waals surface area contributed by atoms with E-state index < -0.39 is 290 Å². The number of ether oxygens (including phenoxy) is 13. The Balaban J connectivity index is 1.08. The molecule has 36 atom stereocenters. The fourth-order valence-corrected chi connectivity index (χ4v) is 11.7. The Kier molecular flexibility index (Phi) is 26.6. The van der Waals surface area contributed by atoms with Crippen molar-refractivity contribution in [3.05, 3.63) is 0 Å². The van der Waals surface area contributed by atoms with Gasteiger partial charge in [0.25, 0.3) is 5.79 Å². The second-order valence-electron chi connectivity index (χ2n) is 23.2. The van der Waals surface area contributed by atoms with Gasteiger partial charge in [0.2, 0.25) is 17.7 Å². The number of aliphatic carboxylic acids is 1. The molecular formula is C51H85N3O38. The number of nitrogens with one attached hydrogen (secondary N) is 3. The molecule has 532 valence electrons. The van der Waals surface area contributed by atoms with Crippen LogP contribution >= 0.6 is 0 Å². The summed E-state index contributed by atoms with van der Waals surface area (Å²) >= 11 is 0. The van der Waals surface area contributed by atoms with Gasteiger partial charge in [0.15, 0.2) is 37.7 Å². The third-order valence-electron chi connectivity index (χ3n) is 16.7. The second-order valence-corrected chi connectivity index (χ2v) is 23.2. The molecule has 0 spiro atoms. The molecule has 0 radical (unpaired) electrons. The van der Waals surface area contributed by atoms with Crippen LogP contribution in [0.3, 0.4) is 0 Å². The summed E-state index contributed by atoms with van der Waals surface area (Å²) in [5, 5.41) is 234. The number of carboxylic acid groups (broad SMARTS) is 1. The third-order valence-corrected chi connectivity index (χ3v) is 16.7. The van der Waals surface area contributed by atoms with Crippen LogP contribution in [0.1, 0.15) is 34.1 Å². The van der Waals surface area contributed by atoms with Crippen molar-refractivity contribution in [1.82, 2.24) is 16.0 Å². The zero-order valence-electron chi connectivity index (χ0n) is 49.5. The molecule has 0 bridgehead atoms. The van der Waals surface area contributed by atoms with E-state index in [-0.39, 0.29) is 0 Å². The normalized spacial score (nSPS) is 47.6. The van der Waals surface area contributed by atoms with Crippen molar-refractivity contribution in [2.45, 2.75) is 254 Å². The molecule has 0 aromatic rings. The molecule has 0 saturated carbocycles. The van der Waals surface area contributed by atoms with E-state index in [0.717, 1.165) is 20.8 Å². The molecule has 7 saturated heterocycles. The number of carbonyl (C=O) groups excluding carboxylic acids is 3. The van der Waals surface area contributed by atoms with Crippen LogP contribution in [0.2, 0.25) is 0 Å². The highest BCUT2D eigenvalue weighted by Crippen LogP contribution is 2.40. The largest absolute Gasteiger partial charge is 0.477 e. The predicted molar refractivity (Wildman–Crippen MR) is 282 cm³/mol. The molecule has 7 rings (SSSR count). The Labute approximate surface area is 520 Å². The van der Waals surface area contributed by atoms with E-state index in [2.05, 4.69) is 16.0 Å². The number of amides is 3. The lowest BCUT2D eigenvalue weighted by atomic mass is 9.88. The van der Waals surface area contributed by atoms with Crippen LogP contribution in [0.4, 0.5) is 0 Å². The quantitative estimate of drug-likeness (QED) is 0.0427. The van der Waals surface area contributed by atoms with Crippen molar-refractivity contribution in [2.24, 2.45) is 0 Å². The van der Waals surface area contributed by atoms with Gasteiger partial charge in [0, 0.05) is 27.2 Å². The molecule has 41 nitrogen and oxygen atoms in total. The summed E-state index contributed by atoms with van der Waals surface area (Å²) < 4.78 is 75.3. The smallest absolute Gasteiger partial charge is 0.364 e. The molecule has 0 aliphatic carbocycles. The molecule has 3 amide bonds. The van der Waals surface area contributed by atoms with E-state index in [1.807, 2.05) is 0 Å². The van der Waals surface area contributed by atoms with E-state index in [9.17, 15) is 126 Å². The number of hydrogen-bond donors (Lipinski definition) is 24. The lowest BCUT2D eigenvalue weighted by Gasteiger charge is -2.51. The fraction of sp³-hybridized carbons (Fsp3) is 0.922. The van der Waals surface area contributed by atoms with Crippen LogP contribution < -0.4 is 16.0 Å². The Morgan fingerprint density at radius 1 is 0.467 bits per heavy atom. The van der Waals surface area contributed by atoms with Crippen molar-refractivity contribution in [3.63, 3.8) is 0 Å². The topological polar surface area (TPSA) is 649 Å². The summed E-state index contributed by atoms with van der Waals surface area (Å²) in [5.74, 6) is -7.93. The van der Waals surface area contributed by atoms with Crippen molar-refractivity contribution >= 4 is 23.7 Å². The van der Waals surface area contributed by atoms with E-state index in [1.54, 1.807) is 0 Å². The Bertz CT molecular complexity index is 2400. The van der Waals surface area contributed by atoms with Crippen LogP contribution in [0.15, 0.2) is 0 Å². The van der Waals surface area contributed by atoms with Gasteiger partial charge in [-0.05, 0) is 6.92 Å². The third kappa shape index (κ3) is 16.4. The first-order chi connectivity index (χ1) is 43.3. The first kappa shape index (κ1) is 75.9. The molecule has 7 fully saturated rings. The zero-order chi connectivity index (χ0) is 68.3. The molecule has 7 aliphatic rings. The highest BCUT2D eigenvalue weighted by molar-refractivity contribution is 5.77. The van der Waals surface area contributed by atoms with Crippen LogP contribution in [0, 0.1) is 0 Å². The van der Waals surface area contributed by atoms with Crippen molar-refractivity contribution in [3.8, 4) is 0 Å². The maximum absolute atomic E-state index is 13.0. The first-order valence-corrected chi connectivity index (χ1v) is 29.1. The lowest BCUT2D eigenvalue weighted by Crippen LogP contribution is -2.71. The number of carbonyl (C=O) groups is 4. The maximum atomic E-state index is 13.0. The summed E-state index contributed by atoms with van der Waals surface area (Å²) in [6.07, 6.45) is -65.0. The minimum atomic E-state index is -3.21. The summed E-state index contributed by atoms with van der Waals surface area (Å²) in [5.41, 5.74) is 0. The molecule has 0 unspecified atom stereocenters. The van der Waals surface area contributed by atoms with E-state index >= 15 is 0 Å².